The third-order valence-electron chi connectivity index (χ3n) is 3.03. The number of aryl methyl sites for hydroxylation is 1. The van der Waals surface area contributed by atoms with Gasteiger partial charge >= 0.3 is 6.03 Å². The summed E-state index contributed by atoms with van der Waals surface area (Å²) < 4.78 is 12.8. The summed E-state index contributed by atoms with van der Waals surface area (Å²) in [7, 11) is 0. The van der Waals surface area contributed by atoms with Crippen LogP contribution in [0.15, 0.2) is 48.5 Å². The molecule has 2 rings (SSSR count). The molecule has 0 radical (unpaired) electrons. The number of hydrogen-bond donors (Lipinski definition) is 2. The number of benzene rings is 2. The molecule has 4 heteroatoms. The maximum Gasteiger partial charge on any atom is 0.319 e. The van der Waals surface area contributed by atoms with E-state index in [1.807, 2.05) is 38.1 Å². The molecule has 20 heavy (non-hydrogen) atoms. The molecule has 2 aromatic rings. The van der Waals surface area contributed by atoms with Gasteiger partial charge in [-0.05, 0) is 43.7 Å². The first kappa shape index (κ1) is 14.1. The lowest BCUT2D eigenvalue weighted by Gasteiger charge is -2.15. The van der Waals surface area contributed by atoms with Gasteiger partial charge in [0.15, 0.2) is 0 Å². The first-order chi connectivity index (χ1) is 9.54. The van der Waals surface area contributed by atoms with Crippen LogP contribution in [0.5, 0.6) is 0 Å². The summed E-state index contributed by atoms with van der Waals surface area (Å²) in [5, 5.41) is 5.56. The number of rotatable bonds is 3. The lowest BCUT2D eigenvalue weighted by Crippen LogP contribution is -2.31. The summed E-state index contributed by atoms with van der Waals surface area (Å²) in [5.41, 5.74) is 2.72. The standard InChI is InChI=1S/C16H17FN2O/c1-11-3-9-15(10-4-11)19-16(20)18-12(2)13-5-7-14(17)8-6-13/h3-10,12H,1-2H3,(H2,18,19,20). The van der Waals surface area contributed by atoms with Crippen LogP contribution in [0.4, 0.5) is 14.9 Å². The molecule has 0 spiro atoms. The molecule has 1 unspecified atom stereocenters. The van der Waals surface area contributed by atoms with Gasteiger partial charge in [0.2, 0.25) is 0 Å². The van der Waals surface area contributed by atoms with Crippen LogP contribution in [-0.4, -0.2) is 6.03 Å². The van der Waals surface area contributed by atoms with Gasteiger partial charge < -0.3 is 10.6 Å². The topological polar surface area (TPSA) is 41.1 Å². The zero-order valence-corrected chi connectivity index (χ0v) is 11.5. The fourth-order valence-electron chi connectivity index (χ4n) is 1.84. The fraction of sp³-hybridized carbons (Fsp3) is 0.188. The van der Waals surface area contributed by atoms with E-state index in [0.717, 1.165) is 16.8 Å². The van der Waals surface area contributed by atoms with Crippen molar-refractivity contribution in [3.63, 3.8) is 0 Å². The van der Waals surface area contributed by atoms with Crippen molar-refractivity contribution in [3.05, 3.63) is 65.5 Å². The van der Waals surface area contributed by atoms with Crippen molar-refractivity contribution in [3.8, 4) is 0 Å². The van der Waals surface area contributed by atoms with Gasteiger partial charge in [-0.2, -0.15) is 0 Å². The van der Waals surface area contributed by atoms with E-state index in [0.29, 0.717) is 0 Å². The summed E-state index contributed by atoms with van der Waals surface area (Å²) in [6.07, 6.45) is 0. The van der Waals surface area contributed by atoms with E-state index in [4.69, 9.17) is 0 Å². The lowest BCUT2D eigenvalue weighted by atomic mass is 10.1. The summed E-state index contributed by atoms with van der Waals surface area (Å²) >= 11 is 0. The van der Waals surface area contributed by atoms with E-state index in [1.165, 1.54) is 12.1 Å². The monoisotopic (exact) mass is 272 g/mol. The number of hydrogen-bond acceptors (Lipinski definition) is 1. The predicted molar refractivity (Wildman–Crippen MR) is 78.1 cm³/mol. The smallest absolute Gasteiger partial charge is 0.319 e. The Hall–Kier alpha value is -2.36. The molecule has 3 nitrogen and oxygen atoms in total. The van der Waals surface area contributed by atoms with Crippen LogP contribution < -0.4 is 10.6 Å². The Balaban J connectivity index is 1.93. The van der Waals surface area contributed by atoms with Crippen molar-refractivity contribution in [1.29, 1.82) is 0 Å². The third-order valence-corrected chi connectivity index (χ3v) is 3.03. The van der Waals surface area contributed by atoms with Crippen LogP contribution >= 0.6 is 0 Å². The Labute approximate surface area is 117 Å². The molecule has 0 aliphatic heterocycles. The first-order valence-electron chi connectivity index (χ1n) is 6.44. The van der Waals surface area contributed by atoms with Gasteiger partial charge in [-0.25, -0.2) is 9.18 Å². The highest BCUT2D eigenvalue weighted by Gasteiger charge is 2.09. The minimum absolute atomic E-state index is 0.193. The summed E-state index contributed by atoms with van der Waals surface area (Å²) in [6.45, 7) is 3.84. The molecule has 0 saturated heterocycles. The second-order valence-electron chi connectivity index (χ2n) is 4.74. The van der Waals surface area contributed by atoms with Gasteiger partial charge in [0.25, 0.3) is 0 Å². The molecule has 0 aliphatic carbocycles. The van der Waals surface area contributed by atoms with Crippen LogP contribution in [0.1, 0.15) is 24.1 Å². The van der Waals surface area contributed by atoms with E-state index in [2.05, 4.69) is 10.6 Å². The number of urea groups is 1. The lowest BCUT2D eigenvalue weighted by molar-refractivity contribution is 0.249. The van der Waals surface area contributed by atoms with Gasteiger partial charge in [0.1, 0.15) is 5.82 Å². The molecular weight excluding hydrogens is 255 g/mol. The Kier molecular flexibility index (Phi) is 4.35. The maximum atomic E-state index is 12.8. The van der Waals surface area contributed by atoms with Crippen molar-refractivity contribution in [2.45, 2.75) is 19.9 Å². The molecule has 0 bridgehead atoms. The minimum atomic E-state index is -0.287. The quantitative estimate of drug-likeness (QED) is 0.870. The van der Waals surface area contributed by atoms with E-state index < -0.39 is 0 Å². The van der Waals surface area contributed by atoms with E-state index in [-0.39, 0.29) is 17.9 Å². The highest BCUT2D eigenvalue weighted by atomic mass is 19.1. The van der Waals surface area contributed by atoms with Gasteiger partial charge in [-0.1, -0.05) is 29.8 Å². The average Bonchev–Trinajstić information content (AvgIpc) is 2.42. The zero-order valence-electron chi connectivity index (χ0n) is 11.5. The SMILES string of the molecule is Cc1ccc(NC(=O)NC(C)c2ccc(F)cc2)cc1. The maximum absolute atomic E-state index is 12.8. The van der Waals surface area contributed by atoms with Crippen molar-refractivity contribution < 1.29 is 9.18 Å². The molecule has 2 aromatic carbocycles. The molecular formula is C16H17FN2O. The number of carbonyl (C=O) groups excluding carboxylic acids is 1. The molecule has 0 fully saturated rings. The Morgan fingerprint density at radius 3 is 2.25 bits per heavy atom. The van der Waals surface area contributed by atoms with Crippen LogP contribution in [0.25, 0.3) is 0 Å². The predicted octanol–water partition coefficient (Wildman–Crippen LogP) is 4.02. The minimum Gasteiger partial charge on any atom is -0.331 e. The second kappa shape index (κ2) is 6.19. The molecule has 104 valence electrons. The van der Waals surface area contributed by atoms with E-state index in [9.17, 15) is 9.18 Å². The van der Waals surface area contributed by atoms with Crippen molar-refractivity contribution in [1.82, 2.24) is 5.32 Å². The molecule has 0 aromatic heterocycles. The van der Waals surface area contributed by atoms with Crippen LogP contribution in [-0.2, 0) is 0 Å². The normalized spacial score (nSPS) is 11.8. The molecule has 0 saturated carbocycles. The highest BCUT2D eigenvalue weighted by molar-refractivity contribution is 5.89. The van der Waals surface area contributed by atoms with Gasteiger partial charge in [0, 0.05) is 5.69 Å². The molecule has 0 aliphatic rings. The molecule has 2 N–H and O–H groups in total. The molecule has 2 amide bonds. The van der Waals surface area contributed by atoms with Gasteiger partial charge in [-0.3, -0.25) is 0 Å². The number of nitrogens with one attached hydrogen (secondary N) is 2. The van der Waals surface area contributed by atoms with Crippen LogP contribution in [0, 0.1) is 12.7 Å². The Morgan fingerprint density at radius 1 is 1.05 bits per heavy atom. The zero-order chi connectivity index (χ0) is 14.5. The summed E-state index contributed by atoms with van der Waals surface area (Å²) in [4.78, 5) is 11.9. The van der Waals surface area contributed by atoms with E-state index in [1.54, 1.807) is 12.1 Å². The van der Waals surface area contributed by atoms with Crippen molar-refractivity contribution >= 4 is 11.7 Å². The van der Waals surface area contributed by atoms with Gasteiger partial charge in [-0.15, -0.1) is 0 Å². The number of halogens is 1. The van der Waals surface area contributed by atoms with Crippen molar-refractivity contribution in [2.24, 2.45) is 0 Å². The second-order valence-corrected chi connectivity index (χ2v) is 4.74. The van der Waals surface area contributed by atoms with Gasteiger partial charge in [0.05, 0.1) is 6.04 Å². The number of anilines is 1. The Bertz CT molecular complexity index is 578. The molecule has 1 atom stereocenters. The third kappa shape index (κ3) is 3.82. The number of amides is 2. The average molecular weight is 272 g/mol. The highest BCUT2D eigenvalue weighted by Crippen LogP contribution is 2.13. The fourth-order valence-corrected chi connectivity index (χ4v) is 1.84. The van der Waals surface area contributed by atoms with Crippen molar-refractivity contribution in [2.75, 3.05) is 5.32 Å². The van der Waals surface area contributed by atoms with Crippen LogP contribution in [0.3, 0.4) is 0 Å². The van der Waals surface area contributed by atoms with Crippen LogP contribution in [0.2, 0.25) is 0 Å². The van der Waals surface area contributed by atoms with E-state index >= 15 is 0 Å². The molecule has 0 heterocycles. The number of carbonyl (C=O) groups is 1. The largest absolute Gasteiger partial charge is 0.331 e. The Morgan fingerprint density at radius 2 is 1.65 bits per heavy atom. The summed E-state index contributed by atoms with van der Waals surface area (Å²) in [5.74, 6) is -0.287. The first-order valence-corrected chi connectivity index (χ1v) is 6.44. The summed E-state index contributed by atoms with van der Waals surface area (Å²) in [6, 6.07) is 13.1.